The fraction of sp³-hybridized carbons (Fsp3) is 0.320. The number of benzene rings is 1. The van der Waals surface area contributed by atoms with Crippen LogP contribution in [-0.4, -0.2) is 28.7 Å². The maximum absolute atomic E-state index is 12.7. The fourth-order valence-corrected chi connectivity index (χ4v) is 4.30. The zero-order chi connectivity index (χ0) is 22.2. The summed E-state index contributed by atoms with van der Waals surface area (Å²) in [5.74, 6) is 1.27. The average Bonchev–Trinajstić information content (AvgIpc) is 3.25. The molecule has 0 saturated carbocycles. The minimum absolute atomic E-state index is 0.00172. The van der Waals surface area contributed by atoms with Gasteiger partial charge in [-0.15, -0.1) is 0 Å². The highest BCUT2D eigenvalue weighted by molar-refractivity contribution is 6.05. The summed E-state index contributed by atoms with van der Waals surface area (Å²) in [5, 5.41) is 3.95. The van der Waals surface area contributed by atoms with E-state index in [-0.39, 0.29) is 11.8 Å². The number of nitrogens with zero attached hydrogens (tertiary/aromatic N) is 2. The Morgan fingerprint density at radius 3 is 2.71 bits per heavy atom. The topological polar surface area (TPSA) is 75.4 Å². The number of anilines is 1. The van der Waals surface area contributed by atoms with Crippen molar-refractivity contribution in [2.75, 3.05) is 12.4 Å². The number of nitrogens with one attached hydrogen (secondary N) is 1. The Hall–Kier alpha value is -3.41. The van der Waals surface area contributed by atoms with Crippen LogP contribution in [0, 0.1) is 6.92 Å². The van der Waals surface area contributed by atoms with Crippen molar-refractivity contribution in [3.05, 3.63) is 65.1 Å². The molecule has 6 nitrogen and oxygen atoms in total. The van der Waals surface area contributed by atoms with Crippen molar-refractivity contribution >= 4 is 34.7 Å². The summed E-state index contributed by atoms with van der Waals surface area (Å²) in [6.45, 7) is 6.42. The zero-order valence-corrected chi connectivity index (χ0v) is 18.4. The number of aromatic nitrogens is 1. The average molecular weight is 418 g/mol. The van der Waals surface area contributed by atoms with Crippen LogP contribution >= 0.6 is 0 Å². The molecular weight excluding hydrogens is 390 g/mol. The molecule has 0 aliphatic carbocycles. The summed E-state index contributed by atoms with van der Waals surface area (Å²) in [4.78, 5) is 31.2. The van der Waals surface area contributed by atoms with Crippen LogP contribution < -0.4 is 5.32 Å². The predicted molar refractivity (Wildman–Crippen MR) is 122 cm³/mol. The summed E-state index contributed by atoms with van der Waals surface area (Å²) in [7, 11) is 1.75. The monoisotopic (exact) mass is 417 g/mol. The van der Waals surface area contributed by atoms with Crippen molar-refractivity contribution in [2.24, 2.45) is 0 Å². The van der Waals surface area contributed by atoms with Gasteiger partial charge in [0.05, 0.1) is 12.0 Å². The van der Waals surface area contributed by atoms with Crippen LogP contribution in [0.3, 0.4) is 0 Å². The van der Waals surface area contributed by atoms with Crippen molar-refractivity contribution in [3.8, 4) is 0 Å². The van der Waals surface area contributed by atoms with E-state index in [0.29, 0.717) is 25.2 Å². The normalized spacial score (nSPS) is 14.8. The molecular formula is C25H27N3O3. The molecule has 0 unspecified atom stereocenters. The van der Waals surface area contributed by atoms with Gasteiger partial charge in [0.1, 0.15) is 17.2 Å². The number of hydrogen-bond acceptors (Lipinski definition) is 4. The largest absolute Gasteiger partial charge is 0.459 e. The number of para-hydroxylation sites is 1. The second-order valence-electron chi connectivity index (χ2n) is 8.08. The van der Waals surface area contributed by atoms with Crippen LogP contribution in [0.25, 0.3) is 17.0 Å². The molecule has 1 aliphatic rings. The Bertz CT molecular complexity index is 1190. The first kappa shape index (κ1) is 20.8. The lowest BCUT2D eigenvalue weighted by Crippen LogP contribution is -2.32. The van der Waals surface area contributed by atoms with Crippen molar-refractivity contribution in [1.82, 2.24) is 9.88 Å². The second-order valence-corrected chi connectivity index (χ2v) is 8.08. The molecule has 0 bridgehead atoms. The molecule has 6 heteroatoms. The third kappa shape index (κ3) is 3.52. The van der Waals surface area contributed by atoms with Crippen LogP contribution in [-0.2, 0) is 21.5 Å². The zero-order valence-electron chi connectivity index (χ0n) is 18.4. The molecule has 160 valence electrons. The number of rotatable bonds is 6. The number of hydrogen-bond donors (Lipinski definition) is 1. The van der Waals surface area contributed by atoms with Crippen molar-refractivity contribution in [1.29, 1.82) is 0 Å². The van der Waals surface area contributed by atoms with Crippen LogP contribution in [0.5, 0.6) is 0 Å². The molecule has 3 aromatic rings. The Morgan fingerprint density at radius 2 is 2.00 bits per heavy atom. The standard InChI is InChI=1S/C25H27N3O3/c1-5-25(6-2)19-13-17(14-26-23(19)27-24(25)30)11-12-22(29)28(4)15-21-16(3)18-9-7-8-10-20(18)31-21/h7-14H,5-6,15H2,1-4H3,(H,26,27,30). The number of carbonyl (C=O) groups is 2. The predicted octanol–water partition coefficient (Wildman–Crippen LogP) is 4.82. The highest BCUT2D eigenvalue weighted by Crippen LogP contribution is 2.42. The number of furan rings is 1. The van der Waals surface area contributed by atoms with Crippen molar-refractivity contribution in [2.45, 2.75) is 45.6 Å². The third-order valence-corrected chi connectivity index (χ3v) is 6.42. The number of pyridine rings is 1. The SMILES string of the molecule is CCC1(CC)C(=O)Nc2ncc(C=CC(=O)N(C)Cc3oc4ccccc4c3C)cc21. The first-order valence-electron chi connectivity index (χ1n) is 10.6. The van der Waals surface area contributed by atoms with E-state index in [4.69, 9.17) is 4.42 Å². The van der Waals surface area contributed by atoms with Gasteiger partial charge in [0.25, 0.3) is 0 Å². The minimum Gasteiger partial charge on any atom is -0.459 e. The molecule has 1 N–H and O–H groups in total. The Balaban J connectivity index is 1.51. The molecule has 1 aliphatic heterocycles. The molecule has 2 amide bonds. The fourth-order valence-electron chi connectivity index (χ4n) is 4.30. The lowest BCUT2D eigenvalue weighted by molar-refractivity contribution is -0.125. The second kappa shape index (κ2) is 8.02. The van der Waals surface area contributed by atoms with E-state index in [2.05, 4.69) is 10.3 Å². The quantitative estimate of drug-likeness (QED) is 0.584. The minimum atomic E-state index is -0.550. The first-order chi connectivity index (χ1) is 14.9. The van der Waals surface area contributed by atoms with Gasteiger partial charge in [-0.3, -0.25) is 9.59 Å². The van der Waals surface area contributed by atoms with E-state index in [1.807, 2.05) is 51.1 Å². The van der Waals surface area contributed by atoms with Gasteiger partial charge in [0.15, 0.2) is 0 Å². The summed E-state index contributed by atoms with van der Waals surface area (Å²) >= 11 is 0. The van der Waals surface area contributed by atoms with Gasteiger partial charge in [0.2, 0.25) is 11.8 Å². The highest BCUT2D eigenvalue weighted by atomic mass is 16.3. The van der Waals surface area contributed by atoms with Crippen molar-refractivity contribution in [3.63, 3.8) is 0 Å². The summed E-state index contributed by atoms with van der Waals surface area (Å²) < 4.78 is 5.92. The van der Waals surface area contributed by atoms with E-state index in [9.17, 15) is 9.59 Å². The number of aryl methyl sites for hydroxylation is 1. The molecule has 0 atom stereocenters. The Labute approximate surface area is 182 Å². The van der Waals surface area contributed by atoms with E-state index in [0.717, 1.165) is 33.4 Å². The molecule has 4 rings (SSSR count). The molecule has 3 heterocycles. The van der Waals surface area contributed by atoms with Gasteiger partial charge in [-0.25, -0.2) is 4.98 Å². The van der Waals surface area contributed by atoms with Crippen LogP contribution in [0.1, 0.15) is 49.1 Å². The maximum atomic E-state index is 12.7. The number of amides is 2. The number of fused-ring (bicyclic) bond motifs is 2. The highest BCUT2D eigenvalue weighted by Gasteiger charge is 2.44. The summed E-state index contributed by atoms with van der Waals surface area (Å²) in [5.41, 5.74) is 3.03. The van der Waals surface area contributed by atoms with Crippen molar-refractivity contribution < 1.29 is 14.0 Å². The lowest BCUT2D eigenvalue weighted by Gasteiger charge is -2.23. The van der Waals surface area contributed by atoms with Crippen LogP contribution in [0.2, 0.25) is 0 Å². The molecule has 1 aromatic carbocycles. The molecule has 31 heavy (non-hydrogen) atoms. The van der Waals surface area contributed by atoms with Gasteiger partial charge in [-0.05, 0) is 43.5 Å². The van der Waals surface area contributed by atoms with Crippen LogP contribution in [0.4, 0.5) is 5.82 Å². The van der Waals surface area contributed by atoms with E-state index < -0.39 is 5.41 Å². The molecule has 2 aromatic heterocycles. The first-order valence-corrected chi connectivity index (χ1v) is 10.6. The lowest BCUT2D eigenvalue weighted by atomic mass is 9.77. The molecule has 0 saturated heterocycles. The van der Waals surface area contributed by atoms with Gasteiger partial charge in [-0.1, -0.05) is 32.0 Å². The number of carbonyl (C=O) groups excluding carboxylic acids is 2. The van der Waals surface area contributed by atoms with Crippen LogP contribution in [0.15, 0.2) is 47.0 Å². The summed E-state index contributed by atoms with van der Waals surface area (Å²) in [6, 6.07) is 9.82. The Kier molecular flexibility index (Phi) is 5.39. The molecule has 0 fully saturated rings. The third-order valence-electron chi connectivity index (χ3n) is 6.42. The molecule has 0 radical (unpaired) electrons. The maximum Gasteiger partial charge on any atom is 0.246 e. The van der Waals surface area contributed by atoms with Gasteiger partial charge in [0, 0.05) is 35.8 Å². The number of likely N-dealkylation sites (N-methyl/N-ethyl adjacent to an activating group) is 1. The van der Waals surface area contributed by atoms with E-state index >= 15 is 0 Å². The molecule has 0 spiro atoms. The van der Waals surface area contributed by atoms with E-state index in [1.165, 1.54) is 6.08 Å². The van der Waals surface area contributed by atoms with Gasteiger partial charge < -0.3 is 14.6 Å². The Morgan fingerprint density at radius 1 is 1.26 bits per heavy atom. The summed E-state index contributed by atoms with van der Waals surface area (Å²) in [6.07, 6.45) is 6.36. The smallest absolute Gasteiger partial charge is 0.246 e. The van der Waals surface area contributed by atoms with Gasteiger partial charge >= 0.3 is 0 Å². The van der Waals surface area contributed by atoms with Gasteiger partial charge in [-0.2, -0.15) is 0 Å². The van der Waals surface area contributed by atoms with E-state index in [1.54, 1.807) is 24.2 Å².